The topological polar surface area (TPSA) is 95.3 Å². The number of nitrogens with one attached hydrogen (secondary N) is 1. The lowest BCUT2D eigenvalue weighted by Gasteiger charge is -2.16. The van der Waals surface area contributed by atoms with E-state index in [1.165, 1.54) is 30.2 Å². The second kappa shape index (κ2) is 11.5. The van der Waals surface area contributed by atoms with Crippen LogP contribution < -0.4 is 10.1 Å². The van der Waals surface area contributed by atoms with Crippen molar-refractivity contribution >= 4 is 40.0 Å². The second-order valence-electron chi connectivity index (χ2n) is 8.14. The van der Waals surface area contributed by atoms with Gasteiger partial charge in [0.25, 0.3) is 0 Å². The highest BCUT2D eigenvalue weighted by molar-refractivity contribution is 7.99. The lowest BCUT2D eigenvalue weighted by atomic mass is 10.1. The first-order chi connectivity index (χ1) is 16.6. The first-order valence-electron chi connectivity index (χ1n) is 11.0. The third-order valence-corrected chi connectivity index (χ3v) is 7.38. The fourth-order valence-corrected chi connectivity index (χ4v) is 5.44. The van der Waals surface area contributed by atoms with Gasteiger partial charge in [0, 0.05) is 11.4 Å². The molecule has 10 heteroatoms. The van der Waals surface area contributed by atoms with Crippen LogP contribution in [-0.2, 0) is 16.1 Å². The van der Waals surface area contributed by atoms with Gasteiger partial charge in [-0.05, 0) is 63.4 Å². The van der Waals surface area contributed by atoms with Crippen LogP contribution >= 0.6 is 23.1 Å². The van der Waals surface area contributed by atoms with Crippen LogP contribution in [0.15, 0.2) is 36.0 Å². The summed E-state index contributed by atoms with van der Waals surface area (Å²) in [5.41, 5.74) is 3.43. The highest BCUT2D eigenvalue weighted by Gasteiger charge is 2.23. The number of benzene rings is 1. The normalized spacial score (nSPS) is 11.7. The minimum atomic E-state index is -0.469. The van der Waals surface area contributed by atoms with Gasteiger partial charge in [-0.25, -0.2) is 4.79 Å². The first-order valence-corrected chi connectivity index (χ1v) is 12.8. The Hall–Kier alpha value is -3.11. The molecule has 0 fully saturated rings. The number of aromatic nitrogens is 3. The van der Waals surface area contributed by atoms with Crippen LogP contribution in [0.4, 0.5) is 5.00 Å². The van der Waals surface area contributed by atoms with Crippen LogP contribution in [0.3, 0.4) is 0 Å². The number of allylic oxidation sites excluding steroid dienone is 1. The minimum Gasteiger partial charge on any atom is -0.483 e. The number of thiophene rings is 1. The van der Waals surface area contributed by atoms with Crippen LogP contribution in [0.25, 0.3) is 0 Å². The van der Waals surface area contributed by atoms with E-state index >= 15 is 0 Å². The molecule has 0 saturated heterocycles. The van der Waals surface area contributed by atoms with E-state index in [2.05, 4.69) is 28.2 Å². The van der Waals surface area contributed by atoms with E-state index in [1.807, 2.05) is 51.3 Å². The number of hydrogen-bond donors (Lipinski definition) is 1. The van der Waals surface area contributed by atoms with E-state index < -0.39 is 5.97 Å². The number of nitrogens with zero attached hydrogens (tertiary/aromatic N) is 3. The zero-order valence-electron chi connectivity index (χ0n) is 20.8. The summed E-state index contributed by atoms with van der Waals surface area (Å²) in [5.74, 6) is 0.779. The van der Waals surface area contributed by atoms with Crippen LogP contribution in [0.5, 0.6) is 5.75 Å². The molecular weight excluding hydrogens is 484 g/mol. The van der Waals surface area contributed by atoms with Gasteiger partial charge in [-0.15, -0.1) is 28.1 Å². The van der Waals surface area contributed by atoms with E-state index in [0.717, 1.165) is 27.3 Å². The highest BCUT2D eigenvalue weighted by atomic mass is 32.2. The molecule has 0 saturated carbocycles. The van der Waals surface area contributed by atoms with E-state index in [-0.39, 0.29) is 17.8 Å². The maximum Gasteiger partial charge on any atom is 0.341 e. The largest absolute Gasteiger partial charge is 0.483 e. The molecule has 2 aromatic heterocycles. The summed E-state index contributed by atoms with van der Waals surface area (Å²) in [7, 11) is 1.32. The van der Waals surface area contributed by atoms with Gasteiger partial charge >= 0.3 is 5.97 Å². The quantitative estimate of drug-likeness (QED) is 0.219. The molecule has 0 aliphatic heterocycles. The number of thioether (sulfide) groups is 1. The zero-order chi connectivity index (χ0) is 25.7. The third-order valence-electron chi connectivity index (χ3n) is 5.29. The third kappa shape index (κ3) is 6.32. The fourth-order valence-electron chi connectivity index (χ4n) is 3.62. The lowest BCUT2D eigenvalue weighted by Crippen LogP contribution is -2.17. The Morgan fingerprint density at radius 2 is 1.89 bits per heavy atom. The summed E-state index contributed by atoms with van der Waals surface area (Å²) in [6.07, 6.45) is 1.40. The number of ether oxygens (including phenoxy) is 2. The van der Waals surface area contributed by atoms with Gasteiger partial charge in [-0.2, -0.15) is 0 Å². The van der Waals surface area contributed by atoms with Gasteiger partial charge < -0.3 is 14.8 Å². The summed E-state index contributed by atoms with van der Waals surface area (Å²) < 4.78 is 12.9. The summed E-state index contributed by atoms with van der Waals surface area (Å²) in [4.78, 5) is 25.8. The average molecular weight is 515 g/mol. The number of hydrogen-bond acceptors (Lipinski definition) is 8. The Labute approximate surface area is 213 Å². The molecule has 0 aliphatic rings. The summed E-state index contributed by atoms with van der Waals surface area (Å²) in [5, 5.41) is 12.5. The van der Waals surface area contributed by atoms with Gasteiger partial charge in [-0.1, -0.05) is 23.9 Å². The molecule has 1 amide bonds. The van der Waals surface area contributed by atoms with Gasteiger partial charge in [0.1, 0.15) is 10.8 Å². The average Bonchev–Trinajstić information content (AvgIpc) is 3.31. The van der Waals surface area contributed by atoms with Crippen molar-refractivity contribution in [1.29, 1.82) is 0 Å². The van der Waals surface area contributed by atoms with Gasteiger partial charge in [0.2, 0.25) is 5.91 Å². The van der Waals surface area contributed by atoms with Crippen molar-refractivity contribution < 1.29 is 19.1 Å². The fraction of sp³-hybridized carbons (Fsp3) is 0.360. The molecule has 0 bridgehead atoms. The molecule has 8 nitrogen and oxygen atoms in total. The van der Waals surface area contributed by atoms with Crippen molar-refractivity contribution in [2.75, 3.05) is 18.2 Å². The molecule has 2 heterocycles. The summed E-state index contributed by atoms with van der Waals surface area (Å²) in [6, 6.07) is 6.05. The van der Waals surface area contributed by atoms with Crippen LogP contribution in [0.1, 0.15) is 50.8 Å². The second-order valence-corrected chi connectivity index (χ2v) is 10.3. The Bertz CT molecular complexity index is 1230. The molecule has 0 aliphatic carbocycles. The highest BCUT2D eigenvalue weighted by Crippen LogP contribution is 2.33. The molecule has 3 rings (SSSR count). The molecule has 3 aromatic rings. The first kappa shape index (κ1) is 26.5. The van der Waals surface area contributed by atoms with Crippen LogP contribution in [0.2, 0.25) is 0 Å². The molecule has 0 radical (unpaired) electrons. The number of carbonyl (C=O) groups is 2. The molecule has 1 atom stereocenters. The molecule has 1 unspecified atom stereocenters. The Morgan fingerprint density at radius 1 is 1.20 bits per heavy atom. The van der Waals surface area contributed by atoms with Crippen molar-refractivity contribution in [2.45, 2.75) is 52.4 Å². The van der Waals surface area contributed by atoms with Gasteiger partial charge in [0.15, 0.2) is 17.1 Å². The van der Waals surface area contributed by atoms with Crippen molar-refractivity contribution in [3.63, 3.8) is 0 Å². The van der Waals surface area contributed by atoms with Gasteiger partial charge in [0.05, 0.1) is 18.4 Å². The summed E-state index contributed by atoms with van der Waals surface area (Å²) >= 11 is 2.61. The monoisotopic (exact) mass is 514 g/mol. The van der Waals surface area contributed by atoms with E-state index in [0.29, 0.717) is 28.1 Å². The molecule has 0 spiro atoms. The standard InChI is InChI=1S/C25H30N4O4S2/c1-8-9-29-22(17(5)33-19-11-14(2)10-15(3)12-19)27-28-25(29)34-13-20(30)26-23-21(24(31)32-7)16(4)18(6)35-23/h8,10-12,17H,1,9,13H2,2-7H3,(H,26,30). The summed E-state index contributed by atoms with van der Waals surface area (Å²) in [6.45, 7) is 14.0. The molecule has 1 aromatic carbocycles. The Morgan fingerprint density at radius 3 is 2.51 bits per heavy atom. The minimum absolute atomic E-state index is 0.0954. The van der Waals surface area contributed by atoms with E-state index in [4.69, 9.17) is 9.47 Å². The van der Waals surface area contributed by atoms with Crippen molar-refractivity contribution in [3.8, 4) is 5.75 Å². The number of esters is 1. The van der Waals surface area contributed by atoms with E-state index in [9.17, 15) is 9.59 Å². The Balaban J connectivity index is 1.72. The number of anilines is 1. The maximum absolute atomic E-state index is 12.7. The maximum atomic E-state index is 12.7. The number of methoxy groups -OCH3 is 1. The van der Waals surface area contributed by atoms with Crippen molar-refractivity contribution in [1.82, 2.24) is 14.8 Å². The van der Waals surface area contributed by atoms with Crippen molar-refractivity contribution in [2.24, 2.45) is 0 Å². The number of rotatable bonds is 10. The van der Waals surface area contributed by atoms with Crippen LogP contribution in [-0.4, -0.2) is 39.5 Å². The van der Waals surface area contributed by atoms with Gasteiger partial charge in [-0.3, -0.25) is 9.36 Å². The number of aryl methyl sites for hydroxylation is 3. The smallest absolute Gasteiger partial charge is 0.341 e. The predicted molar refractivity (Wildman–Crippen MR) is 140 cm³/mol. The SMILES string of the molecule is C=CCn1c(SCC(=O)Nc2sc(C)c(C)c2C(=O)OC)nnc1C(C)Oc1cc(C)cc(C)c1. The van der Waals surface area contributed by atoms with E-state index in [1.54, 1.807) is 6.08 Å². The zero-order valence-corrected chi connectivity index (χ0v) is 22.4. The molecule has 1 N–H and O–H groups in total. The molecular formula is C25H30N4O4S2. The molecule has 35 heavy (non-hydrogen) atoms. The number of carbonyl (C=O) groups excluding carboxylic acids is 2. The van der Waals surface area contributed by atoms with Crippen molar-refractivity contribution in [3.05, 3.63) is 63.8 Å². The lowest BCUT2D eigenvalue weighted by molar-refractivity contribution is -0.113. The number of amides is 1. The molecule has 186 valence electrons. The van der Waals surface area contributed by atoms with Crippen LogP contribution in [0, 0.1) is 27.7 Å². The Kier molecular flexibility index (Phi) is 8.74. The predicted octanol–water partition coefficient (Wildman–Crippen LogP) is 5.42.